The van der Waals surface area contributed by atoms with Gasteiger partial charge in [0.2, 0.25) is 0 Å². The first-order chi connectivity index (χ1) is 23.7. The third-order valence-corrected chi connectivity index (χ3v) is 12.1. The molecule has 3 heteroatoms. The van der Waals surface area contributed by atoms with Crippen molar-refractivity contribution in [1.29, 1.82) is 0 Å². The van der Waals surface area contributed by atoms with Crippen LogP contribution in [0, 0.1) is 17.8 Å². The topological polar surface area (TPSA) is 39.2 Å². The summed E-state index contributed by atoms with van der Waals surface area (Å²) in [4.78, 5) is 5.37. The predicted molar refractivity (Wildman–Crippen MR) is 195 cm³/mol. The predicted octanol–water partition coefficient (Wildman–Crippen LogP) is 12.3. The van der Waals surface area contributed by atoms with Gasteiger partial charge in [-0.25, -0.2) is 4.98 Å². The number of pyridine rings is 1. The van der Waals surface area contributed by atoms with Gasteiger partial charge in [-0.05, 0) is 103 Å². The van der Waals surface area contributed by atoms with Crippen molar-refractivity contribution in [2.45, 2.75) is 43.9 Å². The molecule has 3 heterocycles. The minimum Gasteiger partial charge on any atom is -0.455 e. The average Bonchev–Trinajstić information content (AvgIpc) is 3.70. The second kappa shape index (κ2) is 9.93. The van der Waals surface area contributed by atoms with Gasteiger partial charge in [-0.2, -0.15) is 0 Å². The first-order valence-corrected chi connectivity index (χ1v) is 17.6. The highest BCUT2D eigenvalue weighted by atomic mass is 16.3. The van der Waals surface area contributed by atoms with Crippen molar-refractivity contribution in [3.63, 3.8) is 0 Å². The van der Waals surface area contributed by atoms with E-state index < -0.39 is 0 Å². The van der Waals surface area contributed by atoms with Crippen molar-refractivity contribution < 1.29 is 8.83 Å². The molecule has 48 heavy (non-hydrogen) atoms. The molecule has 8 aromatic rings. The monoisotopic (exact) mass is 621 g/mol. The second-order valence-electron chi connectivity index (χ2n) is 15.0. The molecule has 0 N–H and O–H groups in total. The first-order valence-electron chi connectivity index (χ1n) is 17.6. The van der Waals surface area contributed by atoms with Crippen LogP contribution in [0.25, 0.3) is 77.5 Å². The summed E-state index contributed by atoms with van der Waals surface area (Å²) in [6, 6.07) is 43.4. The summed E-state index contributed by atoms with van der Waals surface area (Å²) in [5, 5.41) is 4.49. The van der Waals surface area contributed by atoms with E-state index in [2.05, 4.69) is 103 Å². The number of hydrogen-bond acceptors (Lipinski definition) is 3. The summed E-state index contributed by atoms with van der Waals surface area (Å²) in [7, 11) is 0. The van der Waals surface area contributed by atoms with Crippen molar-refractivity contribution in [1.82, 2.24) is 4.98 Å². The summed E-state index contributed by atoms with van der Waals surface area (Å²) in [6.45, 7) is 0. The van der Waals surface area contributed by atoms with E-state index in [9.17, 15) is 0 Å². The van der Waals surface area contributed by atoms with E-state index in [1.807, 2.05) is 18.2 Å². The highest BCUT2D eigenvalue weighted by Crippen LogP contribution is 2.60. The van der Waals surface area contributed by atoms with E-state index in [1.165, 1.54) is 38.5 Å². The SMILES string of the molecule is c1ccc2c(c1)oc1c(-c3cc(-c4ccc(C56CC7CC(CC(C7)C5)C6)cc4)nc(-c4cccc5c4oc4ccccc45)c3)cccc12. The van der Waals surface area contributed by atoms with Crippen LogP contribution in [0.2, 0.25) is 0 Å². The van der Waals surface area contributed by atoms with Gasteiger partial charge in [0, 0.05) is 38.2 Å². The fourth-order valence-corrected chi connectivity index (χ4v) is 10.4. The molecule has 4 saturated carbocycles. The second-order valence-corrected chi connectivity index (χ2v) is 15.0. The summed E-state index contributed by atoms with van der Waals surface area (Å²) < 4.78 is 13.0. The Balaban J connectivity index is 1.10. The number of hydrogen-bond donors (Lipinski definition) is 0. The molecule has 4 aliphatic rings. The maximum absolute atomic E-state index is 6.53. The maximum Gasteiger partial charge on any atom is 0.144 e. The van der Waals surface area contributed by atoms with Gasteiger partial charge in [0.25, 0.3) is 0 Å². The van der Waals surface area contributed by atoms with Gasteiger partial charge in [0.05, 0.1) is 11.4 Å². The Bertz CT molecular complexity index is 2380. The fraction of sp³-hybridized carbons (Fsp3) is 0.222. The van der Waals surface area contributed by atoms with Crippen LogP contribution in [0.1, 0.15) is 44.1 Å². The van der Waals surface area contributed by atoms with Crippen LogP contribution in [-0.4, -0.2) is 4.98 Å². The van der Waals surface area contributed by atoms with Crippen molar-refractivity contribution in [2.75, 3.05) is 0 Å². The summed E-state index contributed by atoms with van der Waals surface area (Å²) in [5.41, 5.74) is 11.6. The minimum atomic E-state index is 0.377. The highest BCUT2D eigenvalue weighted by Gasteiger charge is 2.51. The summed E-state index contributed by atoms with van der Waals surface area (Å²) in [6.07, 6.45) is 8.52. The van der Waals surface area contributed by atoms with Crippen molar-refractivity contribution in [3.8, 4) is 33.6 Å². The molecule has 4 fully saturated rings. The molecule has 0 amide bonds. The number of nitrogens with zero attached hydrogens (tertiary/aromatic N) is 1. The molecule has 0 atom stereocenters. The number of benzene rings is 5. The zero-order chi connectivity index (χ0) is 31.4. The van der Waals surface area contributed by atoms with E-state index in [-0.39, 0.29) is 0 Å². The van der Waals surface area contributed by atoms with Crippen LogP contribution >= 0.6 is 0 Å². The fourth-order valence-electron chi connectivity index (χ4n) is 10.4. The molecule has 0 aliphatic heterocycles. The quantitative estimate of drug-likeness (QED) is 0.196. The Labute approximate surface area is 279 Å². The Kier molecular flexibility index (Phi) is 5.56. The normalized spacial score (nSPS) is 23.2. The van der Waals surface area contributed by atoms with Gasteiger partial charge in [-0.3, -0.25) is 0 Å². The molecule has 0 unspecified atom stereocenters. The van der Waals surface area contributed by atoms with Crippen molar-refractivity contribution in [2.24, 2.45) is 17.8 Å². The summed E-state index contributed by atoms with van der Waals surface area (Å²) in [5.74, 6) is 2.79. The Hall–Kier alpha value is -5.15. The van der Waals surface area contributed by atoms with Crippen LogP contribution in [0.15, 0.2) is 130 Å². The molecule has 0 spiro atoms. The van der Waals surface area contributed by atoms with Crippen LogP contribution in [0.5, 0.6) is 0 Å². The van der Waals surface area contributed by atoms with Gasteiger partial charge < -0.3 is 8.83 Å². The summed E-state index contributed by atoms with van der Waals surface area (Å²) >= 11 is 0. The lowest BCUT2D eigenvalue weighted by atomic mass is 9.48. The Morgan fingerprint density at radius 2 is 1.00 bits per heavy atom. The third kappa shape index (κ3) is 3.97. The Morgan fingerprint density at radius 1 is 0.479 bits per heavy atom. The number of rotatable bonds is 4. The van der Waals surface area contributed by atoms with Crippen molar-refractivity contribution >= 4 is 43.9 Å². The van der Waals surface area contributed by atoms with Crippen LogP contribution in [0.3, 0.4) is 0 Å². The molecular formula is C45H35NO2. The molecule has 4 aliphatic carbocycles. The van der Waals surface area contributed by atoms with Crippen LogP contribution in [0.4, 0.5) is 0 Å². The molecule has 0 saturated heterocycles. The molecule has 5 aromatic carbocycles. The third-order valence-electron chi connectivity index (χ3n) is 12.1. The average molecular weight is 622 g/mol. The smallest absolute Gasteiger partial charge is 0.144 e. The Morgan fingerprint density at radius 3 is 1.62 bits per heavy atom. The van der Waals surface area contributed by atoms with E-state index in [0.717, 1.165) is 95.3 Å². The zero-order valence-electron chi connectivity index (χ0n) is 26.8. The largest absolute Gasteiger partial charge is 0.455 e. The van der Waals surface area contributed by atoms with Gasteiger partial charge in [-0.15, -0.1) is 0 Å². The molecule has 232 valence electrons. The number of para-hydroxylation sites is 4. The van der Waals surface area contributed by atoms with Gasteiger partial charge in [0.1, 0.15) is 22.3 Å². The lowest BCUT2D eigenvalue weighted by Crippen LogP contribution is -2.48. The van der Waals surface area contributed by atoms with Crippen LogP contribution < -0.4 is 0 Å². The lowest BCUT2D eigenvalue weighted by molar-refractivity contribution is -0.00518. The van der Waals surface area contributed by atoms with E-state index in [4.69, 9.17) is 13.8 Å². The number of aromatic nitrogens is 1. The van der Waals surface area contributed by atoms with Gasteiger partial charge in [0.15, 0.2) is 0 Å². The van der Waals surface area contributed by atoms with E-state index >= 15 is 0 Å². The minimum absolute atomic E-state index is 0.377. The standard InChI is InChI=1S/C45H35NO2/c1-3-13-41-34(7-1)36-10-5-9-33(43(36)47-41)31-22-39(30-15-17-32(18-16-30)45-24-27-19-28(25-45)21-29(20-27)26-45)46-40(23-31)38-12-6-11-37-35-8-2-4-14-42(35)48-44(37)38/h1-18,22-23,27-29H,19-21,24-26H2. The van der Waals surface area contributed by atoms with Gasteiger partial charge in [-0.1, -0.05) is 91.0 Å². The molecule has 3 nitrogen and oxygen atoms in total. The highest BCUT2D eigenvalue weighted by molar-refractivity contribution is 6.11. The zero-order valence-corrected chi connectivity index (χ0v) is 26.8. The van der Waals surface area contributed by atoms with Crippen molar-refractivity contribution in [3.05, 3.63) is 127 Å². The molecular weight excluding hydrogens is 587 g/mol. The van der Waals surface area contributed by atoms with Crippen LogP contribution in [-0.2, 0) is 5.41 Å². The first kappa shape index (κ1) is 26.9. The molecule has 3 aromatic heterocycles. The number of fused-ring (bicyclic) bond motifs is 6. The molecule has 12 rings (SSSR count). The number of furan rings is 2. The lowest BCUT2D eigenvalue weighted by Gasteiger charge is -2.57. The maximum atomic E-state index is 6.53. The van der Waals surface area contributed by atoms with Gasteiger partial charge >= 0.3 is 0 Å². The van der Waals surface area contributed by atoms with E-state index in [1.54, 1.807) is 5.56 Å². The molecule has 0 radical (unpaired) electrons. The molecule has 4 bridgehead atoms. The van der Waals surface area contributed by atoms with E-state index in [0.29, 0.717) is 5.41 Å².